The van der Waals surface area contributed by atoms with Crippen molar-refractivity contribution in [1.29, 1.82) is 0 Å². The molecule has 0 aromatic carbocycles. The summed E-state index contributed by atoms with van der Waals surface area (Å²) in [6, 6.07) is 3.13. The molecule has 4 N–H and O–H groups in total. The maximum atomic E-state index is 13.6. The topological polar surface area (TPSA) is 180 Å². The van der Waals surface area contributed by atoms with E-state index < -0.39 is 0 Å². The number of carbonyl (C=O) groups is 2. The Balaban J connectivity index is 1.49. The Labute approximate surface area is 232 Å². The number of carbonyl (C=O) groups excluding carboxylic acids is 2. The summed E-state index contributed by atoms with van der Waals surface area (Å²) in [6.45, 7) is 7.90. The van der Waals surface area contributed by atoms with E-state index in [1.165, 1.54) is 21.9 Å². The molecule has 2 amide bonds. The molecule has 0 unspecified atom stereocenters. The molecule has 0 radical (unpaired) electrons. The van der Waals surface area contributed by atoms with Gasteiger partial charge in [0.25, 0.3) is 11.5 Å². The monoisotopic (exact) mass is 563 g/mol. The highest BCUT2D eigenvalue weighted by Gasteiger charge is 2.25. The number of H-pyrrole nitrogens is 1. The molecule has 208 valence electrons. The number of nitrogens with two attached hydrogens (primary N) is 1. The van der Waals surface area contributed by atoms with Crippen molar-refractivity contribution in [2.45, 2.75) is 26.2 Å². The number of pyridine rings is 1. The molecule has 1 fully saturated rings. The van der Waals surface area contributed by atoms with Crippen molar-refractivity contribution < 1.29 is 9.59 Å². The first-order valence-electron chi connectivity index (χ1n) is 12.6. The molecular formula is C25H29N11O3S. The number of anilines is 2. The van der Waals surface area contributed by atoms with Gasteiger partial charge in [0.1, 0.15) is 11.5 Å². The molecule has 0 atom stereocenters. The zero-order chi connectivity index (χ0) is 28.4. The van der Waals surface area contributed by atoms with E-state index in [1.807, 2.05) is 10.3 Å². The molecule has 0 saturated carbocycles. The second-order valence-corrected chi connectivity index (χ2v) is 11.1. The predicted molar refractivity (Wildman–Crippen MR) is 151 cm³/mol. The molecule has 5 heterocycles. The highest BCUT2D eigenvalue weighted by atomic mass is 32.1. The summed E-state index contributed by atoms with van der Waals surface area (Å²) in [4.78, 5) is 51.7. The fourth-order valence-corrected chi connectivity index (χ4v) is 5.14. The average molecular weight is 564 g/mol. The second-order valence-electron chi connectivity index (χ2n) is 10.2. The smallest absolute Gasteiger partial charge is 0.267 e. The Morgan fingerprint density at radius 3 is 2.60 bits per heavy atom. The number of fused-ring (bicyclic) bond motifs is 1. The number of piperazine rings is 1. The van der Waals surface area contributed by atoms with Gasteiger partial charge in [-0.05, 0) is 29.5 Å². The highest BCUT2D eigenvalue weighted by molar-refractivity contribution is 7.14. The Morgan fingerprint density at radius 2 is 1.95 bits per heavy atom. The SMILES string of the molecule is CC(C)(C)c1csc(NC(=O)c2ccn3c(=O)c(C=Cc4nn[nH]n4)c(N4CCN(C(=O)CN)CC4)nc3c2)n1. The number of thiazole rings is 1. The quantitative estimate of drug-likeness (QED) is 0.306. The maximum absolute atomic E-state index is 13.6. The summed E-state index contributed by atoms with van der Waals surface area (Å²) in [6.07, 6.45) is 4.68. The Kier molecular flexibility index (Phi) is 7.40. The van der Waals surface area contributed by atoms with Gasteiger partial charge in [-0.2, -0.15) is 5.21 Å². The lowest BCUT2D eigenvalue weighted by atomic mass is 9.93. The third kappa shape index (κ3) is 5.60. The molecule has 14 nitrogen and oxygen atoms in total. The zero-order valence-corrected chi connectivity index (χ0v) is 23.1. The molecule has 15 heteroatoms. The first kappa shape index (κ1) is 27.1. The van der Waals surface area contributed by atoms with Gasteiger partial charge in [0.15, 0.2) is 11.0 Å². The lowest BCUT2D eigenvalue weighted by Gasteiger charge is -2.35. The Morgan fingerprint density at radius 1 is 1.18 bits per heavy atom. The molecule has 0 spiro atoms. The first-order chi connectivity index (χ1) is 19.1. The molecular weight excluding hydrogens is 534 g/mol. The minimum atomic E-state index is -0.358. The number of rotatable bonds is 6. The van der Waals surface area contributed by atoms with Crippen molar-refractivity contribution in [3.63, 3.8) is 0 Å². The number of nitrogens with zero attached hydrogens (tertiary/aromatic N) is 8. The average Bonchev–Trinajstić information content (AvgIpc) is 3.64. The van der Waals surface area contributed by atoms with E-state index in [0.29, 0.717) is 59.7 Å². The van der Waals surface area contributed by atoms with Crippen LogP contribution in [-0.2, 0) is 10.2 Å². The molecule has 5 rings (SSSR count). The summed E-state index contributed by atoms with van der Waals surface area (Å²) in [5.41, 5.74) is 6.90. The molecule has 0 aliphatic carbocycles. The van der Waals surface area contributed by atoms with Gasteiger partial charge in [-0.15, -0.1) is 21.5 Å². The number of hydrogen-bond acceptors (Lipinski definition) is 11. The van der Waals surface area contributed by atoms with Crippen LogP contribution in [0.5, 0.6) is 0 Å². The van der Waals surface area contributed by atoms with Crippen LogP contribution in [0.25, 0.3) is 17.8 Å². The maximum Gasteiger partial charge on any atom is 0.267 e. The van der Waals surface area contributed by atoms with Gasteiger partial charge in [0.2, 0.25) is 5.91 Å². The largest absolute Gasteiger partial charge is 0.352 e. The van der Waals surface area contributed by atoms with Crippen molar-refractivity contribution in [2.75, 3.05) is 42.9 Å². The summed E-state index contributed by atoms with van der Waals surface area (Å²) < 4.78 is 1.38. The van der Waals surface area contributed by atoms with Gasteiger partial charge in [-0.1, -0.05) is 20.8 Å². The summed E-state index contributed by atoms with van der Waals surface area (Å²) in [7, 11) is 0. The second kappa shape index (κ2) is 10.9. The van der Waals surface area contributed by atoms with E-state index >= 15 is 0 Å². The minimum Gasteiger partial charge on any atom is -0.352 e. The van der Waals surface area contributed by atoms with Crippen molar-refractivity contribution in [3.05, 3.63) is 56.7 Å². The molecule has 4 aromatic heterocycles. The van der Waals surface area contributed by atoms with Gasteiger partial charge in [0.05, 0.1) is 17.8 Å². The molecule has 1 aliphatic rings. The van der Waals surface area contributed by atoms with Crippen molar-refractivity contribution in [2.24, 2.45) is 5.73 Å². The number of aromatic amines is 1. The summed E-state index contributed by atoms with van der Waals surface area (Å²) in [5, 5.41) is 19.0. The van der Waals surface area contributed by atoms with Crippen LogP contribution in [0.3, 0.4) is 0 Å². The molecule has 40 heavy (non-hydrogen) atoms. The fourth-order valence-electron chi connectivity index (χ4n) is 4.21. The summed E-state index contributed by atoms with van der Waals surface area (Å²) >= 11 is 1.36. The van der Waals surface area contributed by atoms with E-state index in [2.05, 4.69) is 51.7 Å². The number of tetrazole rings is 1. The predicted octanol–water partition coefficient (Wildman–Crippen LogP) is 0.992. The lowest BCUT2D eigenvalue weighted by molar-refractivity contribution is -0.129. The molecule has 1 saturated heterocycles. The van der Waals surface area contributed by atoms with E-state index in [4.69, 9.17) is 10.7 Å². The van der Waals surface area contributed by atoms with Crippen LogP contribution in [0.15, 0.2) is 28.5 Å². The van der Waals surface area contributed by atoms with Crippen molar-refractivity contribution >= 4 is 51.9 Å². The van der Waals surface area contributed by atoms with Crippen LogP contribution in [0.1, 0.15) is 48.2 Å². The Bertz CT molecular complexity index is 1630. The van der Waals surface area contributed by atoms with Crippen LogP contribution in [0.4, 0.5) is 10.9 Å². The Hall–Kier alpha value is -4.50. The van der Waals surface area contributed by atoms with Crippen LogP contribution < -0.4 is 21.5 Å². The lowest BCUT2D eigenvalue weighted by Crippen LogP contribution is -2.51. The van der Waals surface area contributed by atoms with Crippen molar-refractivity contribution in [1.82, 2.24) is 39.9 Å². The standard InChI is InChI=1S/C25H29N11O3S/c1-25(2,3)17-14-40-24(27-17)29-22(38)15-6-7-36-19(12-15)28-21(35-10-8-34(9-11-35)20(37)13-26)16(23(36)39)4-5-18-30-32-33-31-18/h4-7,12,14H,8-11,13,26H2,1-3H3,(H,27,29,38)(H,30,31,32,33). The third-order valence-corrected chi connectivity index (χ3v) is 7.23. The van der Waals surface area contributed by atoms with Crippen molar-refractivity contribution in [3.8, 4) is 0 Å². The van der Waals surface area contributed by atoms with Crippen LogP contribution in [-0.4, -0.2) is 84.4 Å². The number of aromatic nitrogens is 7. The van der Waals surface area contributed by atoms with E-state index in [0.717, 1.165) is 5.69 Å². The normalized spacial score (nSPS) is 14.3. The van der Waals surface area contributed by atoms with Crippen LogP contribution in [0, 0.1) is 0 Å². The van der Waals surface area contributed by atoms with E-state index in [9.17, 15) is 14.4 Å². The minimum absolute atomic E-state index is 0.0579. The van der Waals surface area contributed by atoms with E-state index in [-0.39, 0.29) is 29.3 Å². The van der Waals surface area contributed by atoms with Gasteiger partial charge in [-0.25, -0.2) is 9.97 Å². The highest BCUT2D eigenvalue weighted by Crippen LogP contribution is 2.27. The van der Waals surface area contributed by atoms with Gasteiger partial charge in [0, 0.05) is 48.7 Å². The first-order valence-corrected chi connectivity index (χ1v) is 13.5. The van der Waals surface area contributed by atoms with Crippen LogP contribution in [0.2, 0.25) is 0 Å². The zero-order valence-electron chi connectivity index (χ0n) is 22.3. The third-order valence-electron chi connectivity index (χ3n) is 6.47. The van der Waals surface area contributed by atoms with Gasteiger partial charge >= 0.3 is 0 Å². The number of amides is 2. The summed E-state index contributed by atoms with van der Waals surface area (Å²) in [5.74, 6) is 0.242. The van der Waals surface area contributed by atoms with E-state index in [1.54, 1.807) is 29.2 Å². The number of nitrogens with one attached hydrogen (secondary N) is 2. The van der Waals surface area contributed by atoms with Gasteiger partial charge < -0.3 is 15.5 Å². The molecule has 0 bridgehead atoms. The van der Waals surface area contributed by atoms with Gasteiger partial charge in [-0.3, -0.25) is 24.1 Å². The fraction of sp³-hybridized carbons (Fsp3) is 0.360. The van der Waals surface area contributed by atoms with Crippen LogP contribution >= 0.6 is 11.3 Å². The molecule has 4 aromatic rings. The number of hydrogen-bond donors (Lipinski definition) is 3. The molecule has 1 aliphatic heterocycles.